The molecular formula is C33H37N9O4S2. The second-order valence-electron chi connectivity index (χ2n) is 11.7. The lowest BCUT2D eigenvalue weighted by molar-refractivity contribution is -0.115. The number of nitrogens with zero attached hydrogens (tertiary/aromatic N) is 8. The molecule has 0 aromatic carbocycles. The molecule has 7 rings (SSSR count). The van der Waals surface area contributed by atoms with Gasteiger partial charge in [-0.1, -0.05) is 24.0 Å². The van der Waals surface area contributed by atoms with Crippen molar-refractivity contribution in [2.45, 2.75) is 12.8 Å². The smallest absolute Gasteiger partial charge is 0.263 e. The number of aldehydes is 1. The van der Waals surface area contributed by atoms with Crippen LogP contribution in [0, 0.1) is 0 Å². The Balaban J connectivity index is 0.000000173. The number of hydrogen-bond acceptors (Lipinski definition) is 14. The number of rotatable bonds is 6. The molecule has 13 nitrogen and oxygen atoms in total. The lowest BCUT2D eigenvalue weighted by atomic mass is 10.3. The maximum Gasteiger partial charge on any atom is 0.263 e. The number of anilines is 2. The van der Waals surface area contributed by atoms with E-state index < -0.39 is 0 Å². The lowest BCUT2D eigenvalue weighted by Gasteiger charge is -2.21. The van der Waals surface area contributed by atoms with E-state index in [4.69, 9.17) is 26.0 Å². The first-order valence-corrected chi connectivity index (χ1v) is 17.0. The van der Waals surface area contributed by atoms with Crippen LogP contribution in [0.5, 0.6) is 0 Å². The van der Waals surface area contributed by atoms with Crippen molar-refractivity contribution in [1.82, 2.24) is 35.1 Å². The maximum absolute atomic E-state index is 11.8. The number of carbonyl (C=O) groups is 2. The molecule has 15 heteroatoms. The predicted octanol–water partition coefficient (Wildman–Crippen LogP) is 4.06. The normalized spacial score (nSPS) is 18.7. The van der Waals surface area contributed by atoms with Gasteiger partial charge in [0.05, 0.1) is 29.7 Å². The van der Waals surface area contributed by atoms with Gasteiger partial charge in [0.1, 0.15) is 33.1 Å². The van der Waals surface area contributed by atoms with Gasteiger partial charge in [0.25, 0.3) is 5.91 Å². The first-order chi connectivity index (χ1) is 23.3. The number of furan rings is 2. The van der Waals surface area contributed by atoms with Crippen molar-refractivity contribution in [3.63, 3.8) is 0 Å². The van der Waals surface area contributed by atoms with E-state index in [9.17, 15) is 9.59 Å². The summed E-state index contributed by atoms with van der Waals surface area (Å²) >= 11 is 6.23. The zero-order valence-electron chi connectivity index (χ0n) is 26.9. The Bertz CT molecular complexity index is 1790. The quantitative estimate of drug-likeness (QED) is 0.177. The number of thioether (sulfide) groups is 1. The highest BCUT2D eigenvalue weighted by atomic mass is 32.2. The van der Waals surface area contributed by atoms with Crippen LogP contribution in [-0.2, 0) is 4.79 Å². The lowest BCUT2D eigenvalue weighted by Crippen LogP contribution is -2.29. The molecule has 250 valence electrons. The van der Waals surface area contributed by atoms with Crippen LogP contribution in [0.4, 0.5) is 11.6 Å². The van der Waals surface area contributed by atoms with Crippen molar-refractivity contribution in [2.24, 2.45) is 0 Å². The van der Waals surface area contributed by atoms with Gasteiger partial charge in [0.2, 0.25) is 0 Å². The second-order valence-corrected chi connectivity index (χ2v) is 13.4. The fourth-order valence-corrected chi connectivity index (χ4v) is 6.50. The van der Waals surface area contributed by atoms with Crippen LogP contribution in [-0.4, -0.2) is 113 Å². The summed E-state index contributed by atoms with van der Waals surface area (Å²) in [6.45, 7) is 8.01. The van der Waals surface area contributed by atoms with E-state index in [1.54, 1.807) is 43.0 Å². The number of hydrogen-bond donors (Lipinski definition) is 1. The van der Waals surface area contributed by atoms with E-state index in [1.807, 2.05) is 12.1 Å². The molecule has 7 heterocycles. The van der Waals surface area contributed by atoms with Crippen LogP contribution in [0.15, 0.2) is 62.8 Å². The van der Waals surface area contributed by atoms with E-state index in [1.165, 1.54) is 11.8 Å². The third-order valence-electron chi connectivity index (χ3n) is 8.12. The summed E-state index contributed by atoms with van der Waals surface area (Å²) in [5.74, 6) is 3.58. The molecule has 4 aromatic rings. The Hall–Kier alpha value is -4.44. The minimum Gasteiger partial charge on any atom is -0.455 e. The van der Waals surface area contributed by atoms with Crippen LogP contribution in [0.25, 0.3) is 29.0 Å². The zero-order valence-corrected chi connectivity index (χ0v) is 28.5. The van der Waals surface area contributed by atoms with Crippen molar-refractivity contribution in [2.75, 3.05) is 76.3 Å². The van der Waals surface area contributed by atoms with E-state index in [0.29, 0.717) is 49.9 Å². The maximum atomic E-state index is 11.8. The average molecular weight is 688 g/mol. The molecule has 48 heavy (non-hydrogen) atoms. The van der Waals surface area contributed by atoms with Crippen molar-refractivity contribution in [3.8, 4) is 22.9 Å². The first-order valence-electron chi connectivity index (χ1n) is 15.8. The van der Waals surface area contributed by atoms with E-state index in [2.05, 4.69) is 54.0 Å². The SMILES string of the molecule is CN1CCCN(c2cncc(-c3ccc(/C=C4\SC(=S)NC4=O)o3)n2)CC1.CN1CCCN(c2cncc(-c3ccc(C=O)o3)n2)CC1. The molecule has 1 N–H and O–H groups in total. The summed E-state index contributed by atoms with van der Waals surface area (Å²) in [6, 6.07) is 7.03. The summed E-state index contributed by atoms with van der Waals surface area (Å²) in [6.07, 6.45) is 11.5. The molecule has 0 radical (unpaired) electrons. The van der Waals surface area contributed by atoms with E-state index in [-0.39, 0.29) is 5.91 Å². The molecule has 0 bridgehead atoms. The highest BCUT2D eigenvalue weighted by Crippen LogP contribution is 2.29. The van der Waals surface area contributed by atoms with Gasteiger partial charge in [-0.15, -0.1) is 0 Å². The third-order valence-corrected chi connectivity index (χ3v) is 9.28. The van der Waals surface area contributed by atoms with Gasteiger partial charge in [-0.05, 0) is 64.3 Å². The zero-order chi connectivity index (χ0) is 33.5. The molecule has 0 spiro atoms. The molecule has 3 saturated heterocycles. The molecule has 3 fully saturated rings. The summed E-state index contributed by atoms with van der Waals surface area (Å²) in [5.41, 5.74) is 1.33. The van der Waals surface area contributed by atoms with Gasteiger partial charge in [-0.3, -0.25) is 19.6 Å². The van der Waals surface area contributed by atoms with Crippen LogP contribution in [0.2, 0.25) is 0 Å². The Labute approximate surface area is 288 Å². The highest BCUT2D eigenvalue weighted by Gasteiger charge is 2.23. The van der Waals surface area contributed by atoms with Crippen molar-refractivity contribution in [1.29, 1.82) is 0 Å². The Morgan fingerprint density at radius 1 is 0.750 bits per heavy atom. The minimum atomic E-state index is -0.198. The molecule has 0 unspecified atom stereocenters. The van der Waals surface area contributed by atoms with Crippen molar-refractivity contribution < 1.29 is 18.4 Å². The Morgan fingerprint density at radius 3 is 1.79 bits per heavy atom. The summed E-state index contributed by atoms with van der Waals surface area (Å²) in [7, 11) is 4.27. The standard InChI is InChI=1S/C18H19N5O2S2.C15H18N4O2/c1-22-5-2-6-23(8-7-22)16-11-19-10-13(20-16)14-4-3-12(25-14)9-15-17(24)21-18(26)27-15;1-18-5-2-6-19(8-7-18)15-10-16-9-13(17-15)14-4-3-12(11-20)21-14/h3-4,9-11H,2,5-8H2,1H3,(H,21,24,26);3-4,9-11H,2,5-8H2,1H3/b15-9-;. The van der Waals surface area contributed by atoms with Crippen molar-refractivity contribution >= 4 is 58.2 Å². The predicted molar refractivity (Wildman–Crippen MR) is 190 cm³/mol. The van der Waals surface area contributed by atoms with Crippen molar-refractivity contribution in [3.05, 3.63) is 65.5 Å². The van der Waals surface area contributed by atoms with Crippen LogP contribution in [0.3, 0.4) is 0 Å². The third kappa shape index (κ3) is 8.52. The second kappa shape index (κ2) is 15.6. The molecule has 1 amide bonds. The summed E-state index contributed by atoms with van der Waals surface area (Å²) in [5, 5.41) is 2.59. The van der Waals surface area contributed by atoms with Gasteiger partial charge in [0, 0.05) is 45.3 Å². The molecule has 4 aromatic heterocycles. The molecule has 0 atom stereocenters. The van der Waals surface area contributed by atoms with Gasteiger partial charge in [-0.25, -0.2) is 9.97 Å². The molecule has 0 saturated carbocycles. The number of nitrogens with one attached hydrogen (secondary N) is 1. The summed E-state index contributed by atoms with van der Waals surface area (Å²) in [4.78, 5) is 50.1. The monoisotopic (exact) mass is 687 g/mol. The molecule has 3 aliphatic heterocycles. The molecular weight excluding hydrogens is 651 g/mol. The first kappa shape index (κ1) is 33.5. The number of carbonyl (C=O) groups excluding carboxylic acids is 2. The van der Waals surface area contributed by atoms with Gasteiger partial charge >= 0.3 is 0 Å². The number of aromatic nitrogens is 4. The fourth-order valence-electron chi connectivity index (χ4n) is 5.48. The van der Waals surface area contributed by atoms with Crippen LogP contribution < -0.4 is 15.1 Å². The summed E-state index contributed by atoms with van der Waals surface area (Å²) < 4.78 is 11.7. The Morgan fingerprint density at radius 2 is 1.29 bits per heavy atom. The Kier molecular flexibility index (Phi) is 10.9. The van der Waals surface area contributed by atoms with E-state index in [0.717, 1.165) is 76.8 Å². The largest absolute Gasteiger partial charge is 0.455 e. The van der Waals surface area contributed by atoms with Gasteiger partial charge in [-0.2, -0.15) is 0 Å². The van der Waals surface area contributed by atoms with Gasteiger partial charge < -0.3 is 33.8 Å². The van der Waals surface area contributed by atoms with Crippen LogP contribution in [0.1, 0.15) is 29.2 Å². The number of amides is 1. The number of thiocarbonyl (C=S) groups is 1. The minimum absolute atomic E-state index is 0.198. The van der Waals surface area contributed by atoms with E-state index >= 15 is 0 Å². The van der Waals surface area contributed by atoms with Gasteiger partial charge in [0.15, 0.2) is 23.6 Å². The number of likely N-dealkylation sites (N-methyl/N-ethyl adjacent to an activating group) is 2. The average Bonchev–Trinajstić information content (AvgIpc) is 3.76. The molecule has 3 aliphatic rings. The highest BCUT2D eigenvalue weighted by molar-refractivity contribution is 8.26. The topological polar surface area (TPSA) is 137 Å². The van der Waals surface area contributed by atoms with Crippen LogP contribution >= 0.6 is 24.0 Å². The molecule has 0 aliphatic carbocycles. The fraction of sp³-hybridized carbons (Fsp3) is 0.364.